The highest BCUT2D eigenvalue weighted by Gasteiger charge is 2.40. The topological polar surface area (TPSA) is 18.5 Å². The molecule has 0 aromatic heterocycles. The lowest BCUT2D eigenvalue weighted by molar-refractivity contribution is 0.151. The van der Waals surface area contributed by atoms with Gasteiger partial charge >= 0.3 is 0 Å². The number of likely N-dealkylation sites (tertiary alicyclic amines) is 1. The van der Waals surface area contributed by atoms with E-state index in [-0.39, 0.29) is 0 Å². The Labute approximate surface area is 125 Å². The fraction of sp³-hybridized carbons (Fsp3) is 1.00. The SMILES string of the molecule is CCCN(CC1CCCNC1)C1CC(C)N(C2CC2)C1. The molecule has 3 fully saturated rings. The second-order valence-corrected chi connectivity index (χ2v) is 7.37. The van der Waals surface area contributed by atoms with Crippen molar-refractivity contribution >= 4 is 0 Å². The van der Waals surface area contributed by atoms with Crippen LogP contribution < -0.4 is 5.32 Å². The predicted octanol–water partition coefficient (Wildman–Crippen LogP) is 2.32. The highest BCUT2D eigenvalue weighted by atomic mass is 15.3. The van der Waals surface area contributed by atoms with Gasteiger partial charge in [0.2, 0.25) is 0 Å². The van der Waals surface area contributed by atoms with Crippen molar-refractivity contribution in [2.24, 2.45) is 5.92 Å². The molecule has 1 saturated carbocycles. The van der Waals surface area contributed by atoms with Crippen molar-refractivity contribution in [3.63, 3.8) is 0 Å². The Morgan fingerprint density at radius 3 is 2.75 bits per heavy atom. The van der Waals surface area contributed by atoms with E-state index in [4.69, 9.17) is 0 Å². The van der Waals surface area contributed by atoms with Crippen molar-refractivity contribution in [1.82, 2.24) is 15.1 Å². The molecule has 116 valence electrons. The first-order valence-electron chi connectivity index (χ1n) is 8.98. The van der Waals surface area contributed by atoms with Crippen LogP contribution in [0.15, 0.2) is 0 Å². The van der Waals surface area contributed by atoms with Crippen LogP contribution in [-0.4, -0.2) is 60.6 Å². The maximum atomic E-state index is 3.58. The zero-order valence-electron chi connectivity index (χ0n) is 13.5. The zero-order chi connectivity index (χ0) is 13.9. The number of hydrogen-bond acceptors (Lipinski definition) is 3. The fourth-order valence-corrected chi connectivity index (χ4v) is 4.33. The lowest BCUT2D eigenvalue weighted by Gasteiger charge is -2.34. The molecule has 0 amide bonds. The summed E-state index contributed by atoms with van der Waals surface area (Å²) in [5.41, 5.74) is 0. The third-order valence-corrected chi connectivity index (χ3v) is 5.54. The summed E-state index contributed by atoms with van der Waals surface area (Å²) in [6.45, 7) is 11.2. The molecule has 0 aromatic rings. The quantitative estimate of drug-likeness (QED) is 0.805. The third-order valence-electron chi connectivity index (χ3n) is 5.54. The minimum atomic E-state index is 0.816. The standard InChI is InChI=1S/C17H33N3/c1-3-9-19(12-15-5-4-8-18-11-15)17-10-14(2)20(13-17)16-6-7-16/h14-18H,3-13H2,1-2H3. The van der Waals surface area contributed by atoms with Crippen LogP contribution in [0.5, 0.6) is 0 Å². The van der Waals surface area contributed by atoms with Crippen molar-refractivity contribution in [1.29, 1.82) is 0 Å². The van der Waals surface area contributed by atoms with Gasteiger partial charge in [-0.15, -0.1) is 0 Å². The van der Waals surface area contributed by atoms with Gasteiger partial charge in [0.1, 0.15) is 0 Å². The fourth-order valence-electron chi connectivity index (χ4n) is 4.33. The van der Waals surface area contributed by atoms with Crippen LogP contribution in [0, 0.1) is 5.92 Å². The summed E-state index contributed by atoms with van der Waals surface area (Å²) in [4.78, 5) is 5.63. The first-order chi connectivity index (χ1) is 9.78. The van der Waals surface area contributed by atoms with Crippen LogP contribution in [0.25, 0.3) is 0 Å². The van der Waals surface area contributed by atoms with Crippen molar-refractivity contribution in [3.05, 3.63) is 0 Å². The summed E-state index contributed by atoms with van der Waals surface area (Å²) in [6.07, 6.45) is 8.42. The Bertz CT molecular complexity index is 297. The van der Waals surface area contributed by atoms with Gasteiger partial charge in [0.25, 0.3) is 0 Å². The monoisotopic (exact) mass is 279 g/mol. The van der Waals surface area contributed by atoms with Gasteiger partial charge in [-0.25, -0.2) is 0 Å². The summed E-state index contributed by atoms with van der Waals surface area (Å²) in [5.74, 6) is 0.889. The Morgan fingerprint density at radius 1 is 1.25 bits per heavy atom. The van der Waals surface area contributed by atoms with E-state index in [1.165, 1.54) is 71.2 Å². The maximum Gasteiger partial charge on any atom is 0.0238 e. The van der Waals surface area contributed by atoms with E-state index in [0.29, 0.717) is 0 Å². The molecule has 0 bridgehead atoms. The molecule has 0 aromatic carbocycles. The minimum Gasteiger partial charge on any atom is -0.316 e. The van der Waals surface area contributed by atoms with E-state index in [1.54, 1.807) is 0 Å². The molecule has 0 spiro atoms. The summed E-state index contributed by atoms with van der Waals surface area (Å²) >= 11 is 0. The van der Waals surface area contributed by atoms with Gasteiger partial charge in [0.05, 0.1) is 0 Å². The van der Waals surface area contributed by atoms with Gasteiger partial charge in [-0.05, 0) is 71.0 Å². The largest absolute Gasteiger partial charge is 0.316 e. The van der Waals surface area contributed by atoms with Crippen molar-refractivity contribution in [3.8, 4) is 0 Å². The van der Waals surface area contributed by atoms with Gasteiger partial charge in [0.15, 0.2) is 0 Å². The molecule has 3 aliphatic rings. The first-order valence-corrected chi connectivity index (χ1v) is 8.98. The van der Waals surface area contributed by atoms with Crippen LogP contribution in [0.1, 0.15) is 52.4 Å². The number of rotatable bonds is 6. The summed E-state index contributed by atoms with van der Waals surface area (Å²) in [6, 6.07) is 2.58. The number of piperidine rings is 1. The Hall–Kier alpha value is -0.120. The molecule has 20 heavy (non-hydrogen) atoms. The van der Waals surface area contributed by atoms with Gasteiger partial charge in [-0.2, -0.15) is 0 Å². The van der Waals surface area contributed by atoms with E-state index in [9.17, 15) is 0 Å². The van der Waals surface area contributed by atoms with E-state index in [2.05, 4.69) is 29.0 Å². The van der Waals surface area contributed by atoms with E-state index in [1.807, 2.05) is 0 Å². The van der Waals surface area contributed by atoms with Crippen molar-refractivity contribution in [2.45, 2.75) is 70.5 Å². The molecule has 3 atom stereocenters. The molecular formula is C17H33N3. The van der Waals surface area contributed by atoms with Gasteiger partial charge < -0.3 is 5.32 Å². The van der Waals surface area contributed by atoms with Crippen LogP contribution >= 0.6 is 0 Å². The van der Waals surface area contributed by atoms with Crippen LogP contribution in [0.2, 0.25) is 0 Å². The Morgan fingerprint density at radius 2 is 2.10 bits per heavy atom. The molecule has 0 radical (unpaired) electrons. The normalized spacial score (nSPS) is 35.9. The molecule has 3 nitrogen and oxygen atoms in total. The smallest absolute Gasteiger partial charge is 0.0238 e. The molecule has 1 aliphatic carbocycles. The number of nitrogens with one attached hydrogen (secondary N) is 1. The van der Waals surface area contributed by atoms with Gasteiger partial charge in [0, 0.05) is 31.2 Å². The lowest BCUT2D eigenvalue weighted by Crippen LogP contribution is -2.44. The maximum absolute atomic E-state index is 3.58. The Kier molecular flexibility index (Phi) is 5.00. The molecule has 3 rings (SSSR count). The molecule has 2 saturated heterocycles. The average molecular weight is 279 g/mol. The van der Waals surface area contributed by atoms with E-state index < -0.39 is 0 Å². The molecule has 3 unspecified atom stereocenters. The number of hydrogen-bond donors (Lipinski definition) is 1. The molecule has 3 heteroatoms. The van der Waals surface area contributed by atoms with Crippen molar-refractivity contribution in [2.75, 3.05) is 32.7 Å². The van der Waals surface area contributed by atoms with E-state index in [0.717, 1.165) is 24.0 Å². The summed E-state index contributed by atoms with van der Waals surface area (Å²) < 4.78 is 0. The van der Waals surface area contributed by atoms with Crippen LogP contribution in [-0.2, 0) is 0 Å². The highest BCUT2D eigenvalue weighted by Crippen LogP contribution is 2.35. The Balaban J connectivity index is 1.55. The second kappa shape index (κ2) is 6.76. The molecule has 2 aliphatic heterocycles. The third kappa shape index (κ3) is 3.55. The zero-order valence-corrected chi connectivity index (χ0v) is 13.5. The minimum absolute atomic E-state index is 0.816. The summed E-state index contributed by atoms with van der Waals surface area (Å²) in [7, 11) is 0. The first kappa shape index (κ1) is 14.8. The highest BCUT2D eigenvalue weighted by molar-refractivity contribution is 4.97. The van der Waals surface area contributed by atoms with Crippen LogP contribution in [0.4, 0.5) is 0 Å². The van der Waals surface area contributed by atoms with Crippen molar-refractivity contribution < 1.29 is 0 Å². The van der Waals surface area contributed by atoms with E-state index >= 15 is 0 Å². The average Bonchev–Trinajstić information content (AvgIpc) is 3.22. The lowest BCUT2D eigenvalue weighted by atomic mass is 9.98. The molecule has 1 N–H and O–H groups in total. The second-order valence-electron chi connectivity index (χ2n) is 7.37. The van der Waals surface area contributed by atoms with Crippen LogP contribution in [0.3, 0.4) is 0 Å². The van der Waals surface area contributed by atoms with Gasteiger partial charge in [-0.3, -0.25) is 9.80 Å². The number of nitrogens with zero attached hydrogens (tertiary/aromatic N) is 2. The van der Waals surface area contributed by atoms with Gasteiger partial charge in [-0.1, -0.05) is 6.92 Å². The molecular weight excluding hydrogens is 246 g/mol. The predicted molar refractivity (Wildman–Crippen MR) is 85.1 cm³/mol. The molecule has 2 heterocycles. The summed E-state index contributed by atoms with van der Waals surface area (Å²) in [5, 5.41) is 3.58.